The second-order valence-corrected chi connectivity index (χ2v) is 5.55. The van der Waals surface area contributed by atoms with Crippen molar-refractivity contribution < 1.29 is 4.42 Å². The Kier molecular flexibility index (Phi) is 3.54. The lowest BCUT2D eigenvalue weighted by atomic mass is 9.73. The van der Waals surface area contributed by atoms with E-state index < -0.39 is 0 Å². The highest BCUT2D eigenvalue weighted by molar-refractivity contribution is 5.19. The fourth-order valence-electron chi connectivity index (χ4n) is 2.63. The number of nitriles is 1. The fourth-order valence-corrected chi connectivity index (χ4v) is 2.63. The molecule has 2 rings (SSSR count). The van der Waals surface area contributed by atoms with Gasteiger partial charge in [-0.1, -0.05) is 26.7 Å². The van der Waals surface area contributed by atoms with E-state index in [1.165, 1.54) is 25.7 Å². The Morgan fingerprint density at radius 1 is 1.47 bits per heavy atom. The quantitative estimate of drug-likeness (QED) is 0.870. The van der Waals surface area contributed by atoms with E-state index in [-0.39, 0.29) is 0 Å². The molecular weight excluding hydrogens is 212 g/mol. The highest BCUT2D eigenvalue weighted by atomic mass is 16.3. The molecule has 1 aromatic rings. The standard InChI is InChI=1S/C14H20N2O/c1-14(2)8-4-3-5-13(14)16-10-12-7-6-11(9-15)17-12/h6-7,13,16H,3-5,8,10H2,1-2H3. The van der Waals surface area contributed by atoms with E-state index in [1.54, 1.807) is 6.07 Å². The normalized spacial score (nSPS) is 23.2. The number of rotatable bonds is 3. The van der Waals surface area contributed by atoms with Gasteiger partial charge < -0.3 is 9.73 Å². The van der Waals surface area contributed by atoms with Gasteiger partial charge in [-0.2, -0.15) is 5.26 Å². The van der Waals surface area contributed by atoms with Crippen LogP contribution in [-0.4, -0.2) is 6.04 Å². The molecule has 92 valence electrons. The van der Waals surface area contributed by atoms with Gasteiger partial charge in [0.05, 0.1) is 6.54 Å². The van der Waals surface area contributed by atoms with Crippen molar-refractivity contribution in [2.24, 2.45) is 5.41 Å². The van der Waals surface area contributed by atoms with E-state index in [9.17, 15) is 0 Å². The molecule has 0 radical (unpaired) electrons. The molecule has 1 aliphatic rings. The lowest BCUT2D eigenvalue weighted by Gasteiger charge is -2.39. The summed E-state index contributed by atoms with van der Waals surface area (Å²) >= 11 is 0. The lowest BCUT2D eigenvalue weighted by Crippen LogP contribution is -2.43. The van der Waals surface area contributed by atoms with Gasteiger partial charge in [0.1, 0.15) is 11.8 Å². The first-order valence-electron chi connectivity index (χ1n) is 6.34. The summed E-state index contributed by atoms with van der Waals surface area (Å²) in [5, 5.41) is 12.2. The van der Waals surface area contributed by atoms with Crippen LogP contribution in [0.4, 0.5) is 0 Å². The zero-order valence-electron chi connectivity index (χ0n) is 10.6. The Morgan fingerprint density at radius 3 is 2.94 bits per heavy atom. The van der Waals surface area contributed by atoms with Crippen LogP contribution in [0.5, 0.6) is 0 Å². The third kappa shape index (κ3) is 2.89. The van der Waals surface area contributed by atoms with E-state index in [2.05, 4.69) is 19.2 Å². The molecule has 3 heteroatoms. The monoisotopic (exact) mass is 232 g/mol. The average Bonchev–Trinajstić information content (AvgIpc) is 2.75. The van der Waals surface area contributed by atoms with E-state index in [0.717, 1.165) is 12.3 Å². The summed E-state index contributed by atoms with van der Waals surface area (Å²) in [7, 11) is 0. The lowest BCUT2D eigenvalue weighted by molar-refractivity contribution is 0.164. The van der Waals surface area contributed by atoms with Gasteiger partial charge in [0.2, 0.25) is 5.76 Å². The molecule has 17 heavy (non-hydrogen) atoms. The molecule has 1 N–H and O–H groups in total. The van der Waals surface area contributed by atoms with Gasteiger partial charge in [-0.3, -0.25) is 0 Å². The van der Waals surface area contributed by atoms with Crippen LogP contribution in [0.3, 0.4) is 0 Å². The smallest absolute Gasteiger partial charge is 0.203 e. The van der Waals surface area contributed by atoms with Crippen LogP contribution < -0.4 is 5.32 Å². The zero-order chi connectivity index (χ0) is 12.3. The SMILES string of the molecule is CC1(C)CCCCC1NCc1ccc(C#N)o1. The summed E-state index contributed by atoms with van der Waals surface area (Å²) in [5.41, 5.74) is 0.364. The number of hydrogen-bond acceptors (Lipinski definition) is 3. The first-order chi connectivity index (χ1) is 8.12. The van der Waals surface area contributed by atoms with Crippen LogP contribution in [-0.2, 0) is 6.54 Å². The molecule has 1 aliphatic carbocycles. The molecule has 0 spiro atoms. The molecule has 1 atom stereocenters. The van der Waals surface area contributed by atoms with Crippen molar-refractivity contribution in [3.63, 3.8) is 0 Å². The predicted molar refractivity (Wildman–Crippen MR) is 66.3 cm³/mol. The maximum absolute atomic E-state index is 8.69. The molecule has 1 saturated carbocycles. The van der Waals surface area contributed by atoms with E-state index >= 15 is 0 Å². The summed E-state index contributed by atoms with van der Waals surface area (Å²) in [5.74, 6) is 1.24. The minimum Gasteiger partial charge on any atom is -0.449 e. The molecule has 1 aromatic heterocycles. The van der Waals surface area contributed by atoms with Gasteiger partial charge in [-0.15, -0.1) is 0 Å². The Morgan fingerprint density at radius 2 is 2.29 bits per heavy atom. The molecule has 0 amide bonds. The van der Waals surface area contributed by atoms with Crippen molar-refractivity contribution in [2.45, 2.75) is 52.1 Å². The Hall–Kier alpha value is -1.27. The minimum atomic E-state index is 0.364. The molecule has 0 bridgehead atoms. The third-order valence-electron chi connectivity index (χ3n) is 3.80. The van der Waals surface area contributed by atoms with Crippen molar-refractivity contribution in [3.8, 4) is 6.07 Å². The Balaban J connectivity index is 1.91. The van der Waals surface area contributed by atoms with E-state index in [0.29, 0.717) is 17.2 Å². The maximum atomic E-state index is 8.69. The fraction of sp³-hybridized carbons (Fsp3) is 0.643. The van der Waals surface area contributed by atoms with Crippen LogP contribution in [0.25, 0.3) is 0 Å². The maximum Gasteiger partial charge on any atom is 0.203 e. The van der Waals surface area contributed by atoms with Crippen LogP contribution in [0.1, 0.15) is 51.1 Å². The molecule has 0 aromatic carbocycles. The van der Waals surface area contributed by atoms with Crippen LogP contribution in [0.15, 0.2) is 16.5 Å². The Labute approximate surface area is 103 Å². The van der Waals surface area contributed by atoms with Crippen LogP contribution in [0, 0.1) is 16.7 Å². The number of nitrogens with one attached hydrogen (secondary N) is 1. The summed E-state index contributed by atoms with van der Waals surface area (Å²) in [6, 6.07) is 6.16. The largest absolute Gasteiger partial charge is 0.449 e. The summed E-state index contributed by atoms with van der Waals surface area (Å²) in [6.45, 7) is 5.37. The molecule has 1 unspecified atom stereocenters. The van der Waals surface area contributed by atoms with Gasteiger partial charge in [-0.05, 0) is 30.4 Å². The number of hydrogen-bond donors (Lipinski definition) is 1. The molecule has 1 fully saturated rings. The highest BCUT2D eigenvalue weighted by Crippen LogP contribution is 2.35. The van der Waals surface area contributed by atoms with Crippen molar-refractivity contribution in [1.82, 2.24) is 5.32 Å². The first kappa shape index (κ1) is 12.2. The second-order valence-electron chi connectivity index (χ2n) is 5.55. The van der Waals surface area contributed by atoms with Gasteiger partial charge in [0.15, 0.2) is 0 Å². The van der Waals surface area contributed by atoms with Crippen molar-refractivity contribution in [2.75, 3.05) is 0 Å². The first-order valence-corrected chi connectivity index (χ1v) is 6.34. The van der Waals surface area contributed by atoms with Crippen molar-refractivity contribution in [3.05, 3.63) is 23.7 Å². The minimum absolute atomic E-state index is 0.364. The topological polar surface area (TPSA) is 49.0 Å². The van der Waals surface area contributed by atoms with E-state index in [1.807, 2.05) is 12.1 Å². The summed E-state index contributed by atoms with van der Waals surface area (Å²) in [4.78, 5) is 0. The molecule has 0 aliphatic heterocycles. The highest BCUT2D eigenvalue weighted by Gasteiger charge is 2.31. The summed E-state index contributed by atoms with van der Waals surface area (Å²) < 4.78 is 5.37. The van der Waals surface area contributed by atoms with E-state index in [4.69, 9.17) is 9.68 Å². The van der Waals surface area contributed by atoms with Crippen molar-refractivity contribution >= 4 is 0 Å². The van der Waals surface area contributed by atoms with Gasteiger partial charge in [0, 0.05) is 6.04 Å². The second kappa shape index (κ2) is 4.93. The predicted octanol–water partition coefficient (Wildman–Crippen LogP) is 3.21. The molecular formula is C14H20N2O. The van der Waals surface area contributed by atoms with Gasteiger partial charge in [-0.25, -0.2) is 0 Å². The molecule has 3 nitrogen and oxygen atoms in total. The summed E-state index contributed by atoms with van der Waals surface area (Å²) in [6.07, 6.45) is 5.16. The third-order valence-corrected chi connectivity index (χ3v) is 3.80. The molecule has 0 saturated heterocycles. The average molecular weight is 232 g/mol. The zero-order valence-corrected chi connectivity index (χ0v) is 10.6. The number of furan rings is 1. The number of nitrogens with zero attached hydrogens (tertiary/aromatic N) is 1. The van der Waals surface area contributed by atoms with Crippen LogP contribution >= 0.6 is 0 Å². The Bertz CT molecular complexity index is 414. The van der Waals surface area contributed by atoms with Gasteiger partial charge in [0.25, 0.3) is 0 Å². The van der Waals surface area contributed by atoms with Crippen LogP contribution in [0.2, 0.25) is 0 Å². The van der Waals surface area contributed by atoms with Gasteiger partial charge >= 0.3 is 0 Å². The molecule has 1 heterocycles. The van der Waals surface area contributed by atoms with Crippen molar-refractivity contribution in [1.29, 1.82) is 5.26 Å².